The second kappa shape index (κ2) is 69.1. The van der Waals surface area contributed by atoms with Crippen LogP contribution in [0.5, 0.6) is 0 Å². The Labute approximate surface area is 607 Å². The summed E-state index contributed by atoms with van der Waals surface area (Å²) in [5.41, 5.74) is 0. The fourth-order valence-electron chi connectivity index (χ4n) is 12.2. The van der Waals surface area contributed by atoms with Gasteiger partial charge in [-0.05, 0) is 49.4 Å². The van der Waals surface area contributed by atoms with Gasteiger partial charge in [0.15, 0.2) is 12.2 Å². The van der Waals surface area contributed by atoms with E-state index < -0.39 is 97.5 Å². The van der Waals surface area contributed by atoms with E-state index >= 15 is 0 Å². The first-order chi connectivity index (χ1) is 47.6. The monoisotopic (exact) mass is 1450 g/mol. The maximum Gasteiger partial charge on any atom is 0.472 e. The standard InChI is InChI=1S/C80H156O17P2/c1-9-73(8)59-51-43-38-39-47-55-63-80(85)97-76(67-91-78(83)61-53-45-37-31-34-42-50-58-72(6)7)69-95-99(88,89)93-65-74(81)64-92-98(86,87)94-68-75(66-90-77(82)60-52-44-35-29-25-21-18-14-16-20-24-28-33-41-49-57-71(4)5)96-79(84)62-54-46-36-30-26-22-17-13-11-10-12-15-19-23-27-32-40-48-56-70(2)3/h70-76,81H,9-69H2,1-8H3,(H,86,87)(H,88,89)/t73?,74?,75-,76-/m1/s1. The van der Waals surface area contributed by atoms with E-state index in [4.69, 9.17) is 37.0 Å². The predicted molar refractivity (Wildman–Crippen MR) is 404 cm³/mol. The minimum atomic E-state index is -4.96. The maximum absolute atomic E-state index is 13.1. The summed E-state index contributed by atoms with van der Waals surface area (Å²) in [6, 6.07) is 0. The van der Waals surface area contributed by atoms with E-state index in [1.807, 2.05) is 0 Å². The molecule has 0 aliphatic heterocycles. The lowest BCUT2D eigenvalue weighted by Gasteiger charge is -2.21. The Morgan fingerprint density at radius 3 is 0.717 bits per heavy atom. The molecule has 4 unspecified atom stereocenters. The van der Waals surface area contributed by atoms with E-state index in [1.165, 1.54) is 205 Å². The third kappa shape index (κ3) is 72.8. The predicted octanol–water partition coefficient (Wildman–Crippen LogP) is 23.6. The van der Waals surface area contributed by atoms with Crippen LogP contribution in [0.1, 0.15) is 409 Å². The lowest BCUT2D eigenvalue weighted by molar-refractivity contribution is -0.161. The van der Waals surface area contributed by atoms with Crippen molar-refractivity contribution in [1.29, 1.82) is 0 Å². The Bertz CT molecular complexity index is 1940. The minimum absolute atomic E-state index is 0.102. The average molecular weight is 1450 g/mol. The van der Waals surface area contributed by atoms with Gasteiger partial charge in [-0.25, -0.2) is 9.13 Å². The van der Waals surface area contributed by atoms with Crippen LogP contribution >= 0.6 is 15.6 Å². The highest BCUT2D eigenvalue weighted by molar-refractivity contribution is 7.47. The maximum atomic E-state index is 13.1. The van der Waals surface area contributed by atoms with Crippen LogP contribution in [0, 0.1) is 23.7 Å². The van der Waals surface area contributed by atoms with Crippen LogP contribution < -0.4 is 0 Å². The molecule has 0 aromatic heterocycles. The number of carbonyl (C=O) groups excluding carboxylic acids is 4. The quantitative estimate of drug-likeness (QED) is 0.0222. The Kier molecular flexibility index (Phi) is 67.8. The zero-order valence-electron chi connectivity index (χ0n) is 65.1. The Balaban J connectivity index is 5.20. The molecule has 0 fully saturated rings. The van der Waals surface area contributed by atoms with Gasteiger partial charge in [0.25, 0.3) is 0 Å². The van der Waals surface area contributed by atoms with Crippen LogP contribution in [0.4, 0.5) is 0 Å². The molecule has 0 radical (unpaired) electrons. The van der Waals surface area contributed by atoms with Crippen LogP contribution in [-0.2, 0) is 65.4 Å². The summed E-state index contributed by atoms with van der Waals surface area (Å²) >= 11 is 0. The zero-order valence-corrected chi connectivity index (χ0v) is 66.9. The van der Waals surface area contributed by atoms with Gasteiger partial charge in [-0.15, -0.1) is 0 Å². The fraction of sp³-hybridized carbons (Fsp3) is 0.950. The number of hydrogen-bond donors (Lipinski definition) is 3. The van der Waals surface area contributed by atoms with Crippen LogP contribution in [0.2, 0.25) is 0 Å². The van der Waals surface area contributed by atoms with Crippen LogP contribution in [0.3, 0.4) is 0 Å². The van der Waals surface area contributed by atoms with Crippen molar-refractivity contribution in [1.82, 2.24) is 0 Å². The highest BCUT2D eigenvalue weighted by Gasteiger charge is 2.30. The molecule has 0 saturated carbocycles. The number of phosphoric ester groups is 2. The van der Waals surface area contributed by atoms with Crippen LogP contribution in [0.25, 0.3) is 0 Å². The molecule has 0 spiro atoms. The average Bonchev–Trinajstić information content (AvgIpc) is 1.44. The molecule has 17 nitrogen and oxygen atoms in total. The summed E-state index contributed by atoms with van der Waals surface area (Å²) in [5, 5.41) is 10.6. The molecule has 0 heterocycles. The molecule has 0 aliphatic carbocycles. The highest BCUT2D eigenvalue weighted by Crippen LogP contribution is 2.45. The van der Waals surface area contributed by atoms with Crippen molar-refractivity contribution >= 4 is 39.5 Å². The fourth-order valence-corrected chi connectivity index (χ4v) is 13.8. The van der Waals surface area contributed by atoms with Crippen molar-refractivity contribution < 1.29 is 80.2 Å². The van der Waals surface area contributed by atoms with E-state index in [1.54, 1.807) is 0 Å². The number of hydrogen-bond acceptors (Lipinski definition) is 15. The molecule has 0 rings (SSSR count). The summed E-state index contributed by atoms with van der Waals surface area (Å²) in [4.78, 5) is 72.9. The lowest BCUT2D eigenvalue weighted by atomic mass is 10.00. The Hall–Kier alpha value is -1.94. The lowest BCUT2D eigenvalue weighted by Crippen LogP contribution is -2.30. The second-order valence-corrected chi connectivity index (χ2v) is 33.4. The summed E-state index contributed by atoms with van der Waals surface area (Å²) in [6.45, 7) is 14.2. The van der Waals surface area contributed by atoms with Gasteiger partial charge in [0, 0.05) is 25.7 Å². The number of carbonyl (C=O) groups is 4. The van der Waals surface area contributed by atoms with Crippen LogP contribution in [-0.4, -0.2) is 96.7 Å². The smallest absolute Gasteiger partial charge is 0.462 e. The molecular weight excluding hydrogens is 1290 g/mol. The van der Waals surface area contributed by atoms with Gasteiger partial charge in [0.2, 0.25) is 0 Å². The molecule has 19 heteroatoms. The molecule has 3 N–H and O–H groups in total. The zero-order chi connectivity index (χ0) is 73.1. The van der Waals surface area contributed by atoms with Crippen LogP contribution in [0.15, 0.2) is 0 Å². The molecule has 99 heavy (non-hydrogen) atoms. The Morgan fingerprint density at radius 1 is 0.283 bits per heavy atom. The molecule has 6 atom stereocenters. The molecule has 0 amide bonds. The summed E-state index contributed by atoms with van der Waals surface area (Å²) in [7, 11) is -9.92. The molecule has 0 saturated heterocycles. The van der Waals surface area contributed by atoms with Crippen molar-refractivity contribution in [2.45, 2.75) is 427 Å². The van der Waals surface area contributed by atoms with E-state index in [0.29, 0.717) is 31.6 Å². The van der Waals surface area contributed by atoms with Crippen molar-refractivity contribution in [2.24, 2.45) is 23.7 Å². The van der Waals surface area contributed by atoms with Gasteiger partial charge < -0.3 is 33.8 Å². The van der Waals surface area contributed by atoms with Gasteiger partial charge in [0.1, 0.15) is 19.3 Å². The SMILES string of the molecule is CCC(C)CCCCCCCCC(=O)O[C@H](COC(=O)CCCCCCCCCC(C)C)COP(=O)(O)OCC(O)COP(=O)(O)OC[C@@H](COC(=O)CCCCCCCCCCCCCCCCCC(C)C)OC(=O)CCCCCCCCCCCCCCCCCCCCC(C)C. The minimum Gasteiger partial charge on any atom is -0.462 e. The number of rotatable bonds is 77. The largest absolute Gasteiger partial charge is 0.472 e. The molecule has 0 bridgehead atoms. The number of aliphatic hydroxyl groups excluding tert-OH is 1. The number of ether oxygens (including phenoxy) is 4. The number of aliphatic hydroxyl groups is 1. The van der Waals surface area contributed by atoms with Gasteiger partial charge >= 0.3 is 39.5 Å². The first kappa shape index (κ1) is 97.1. The van der Waals surface area contributed by atoms with Gasteiger partial charge in [-0.3, -0.25) is 37.3 Å². The van der Waals surface area contributed by atoms with E-state index in [-0.39, 0.29) is 25.7 Å². The van der Waals surface area contributed by atoms with Crippen molar-refractivity contribution in [2.75, 3.05) is 39.6 Å². The van der Waals surface area contributed by atoms with E-state index in [9.17, 15) is 43.2 Å². The normalized spacial score (nSPS) is 14.3. The highest BCUT2D eigenvalue weighted by atomic mass is 31.2. The van der Waals surface area contributed by atoms with E-state index in [0.717, 1.165) is 114 Å². The van der Waals surface area contributed by atoms with Crippen molar-refractivity contribution in [3.63, 3.8) is 0 Å². The summed E-state index contributed by atoms with van der Waals surface area (Å²) in [5.74, 6) is 0.932. The van der Waals surface area contributed by atoms with Gasteiger partial charge in [0.05, 0.1) is 26.4 Å². The van der Waals surface area contributed by atoms with Crippen molar-refractivity contribution in [3.05, 3.63) is 0 Å². The summed E-state index contributed by atoms with van der Waals surface area (Å²) < 4.78 is 68.6. The first-order valence-electron chi connectivity index (χ1n) is 41.2. The first-order valence-corrected chi connectivity index (χ1v) is 44.2. The summed E-state index contributed by atoms with van der Waals surface area (Å²) in [6.07, 6.45) is 55.8. The van der Waals surface area contributed by atoms with Gasteiger partial charge in [-0.2, -0.15) is 0 Å². The second-order valence-electron chi connectivity index (χ2n) is 30.5. The molecular formula is C80H156O17P2. The third-order valence-electron chi connectivity index (χ3n) is 18.9. The Morgan fingerprint density at radius 2 is 0.485 bits per heavy atom. The number of phosphoric acid groups is 2. The number of esters is 4. The van der Waals surface area contributed by atoms with Gasteiger partial charge in [-0.1, -0.05) is 357 Å². The number of unbranched alkanes of at least 4 members (excludes halogenated alkanes) is 42. The van der Waals surface area contributed by atoms with Crippen molar-refractivity contribution in [3.8, 4) is 0 Å². The van der Waals surface area contributed by atoms with E-state index in [2.05, 4.69) is 55.4 Å². The molecule has 0 aromatic carbocycles. The molecule has 0 aliphatic rings. The molecule has 0 aromatic rings. The third-order valence-corrected chi connectivity index (χ3v) is 20.8. The molecule has 588 valence electrons. The topological polar surface area (TPSA) is 237 Å².